The lowest BCUT2D eigenvalue weighted by atomic mass is 10.1. The van der Waals surface area contributed by atoms with Gasteiger partial charge in [0.25, 0.3) is 5.91 Å². The molecule has 0 aliphatic heterocycles. The topological polar surface area (TPSA) is 97.1 Å². The number of nitrogens with zero attached hydrogens (tertiary/aromatic N) is 2. The summed E-state index contributed by atoms with van der Waals surface area (Å²) in [5, 5.41) is 10.6. The smallest absolute Gasteiger partial charge is 0.263 e. The van der Waals surface area contributed by atoms with Crippen molar-refractivity contribution in [2.75, 3.05) is 10.6 Å². The third-order valence-electron chi connectivity index (χ3n) is 4.22. The van der Waals surface area contributed by atoms with Gasteiger partial charge in [-0.15, -0.1) is 0 Å². The number of amides is 2. The molecule has 0 saturated heterocycles. The van der Waals surface area contributed by atoms with Crippen LogP contribution in [0.5, 0.6) is 0 Å². The Morgan fingerprint density at radius 1 is 1.10 bits per heavy atom. The first-order chi connectivity index (χ1) is 14.3. The third kappa shape index (κ3) is 3.89. The van der Waals surface area contributed by atoms with Crippen molar-refractivity contribution in [1.82, 2.24) is 10.1 Å². The fourth-order valence-electron chi connectivity index (χ4n) is 2.95. The summed E-state index contributed by atoms with van der Waals surface area (Å²) >= 11 is 13.8. The van der Waals surface area contributed by atoms with Gasteiger partial charge in [-0.25, -0.2) is 4.98 Å². The number of hydrogen-bond acceptors (Lipinski definition) is 6. The number of fused-ring (bicyclic) bond motifs is 1. The molecule has 0 atom stereocenters. The van der Waals surface area contributed by atoms with E-state index in [1.807, 2.05) is 0 Å². The van der Waals surface area contributed by atoms with Gasteiger partial charge in [0.05, 0.1) is 20.3 Å². The zero-order chi connectivity index (χ0) is 21.4. The van der Waals surface area contributed by atoms with Gasteiger partial charge < -0.3 is 9.84 Å². The summed E-state index contributed by atoms with van der Waals surface area (Å²) in [6.45, 7) is 3.07. The van der Waals surface area contributed by atoms with Gasteiger partial charge in [0.2, 0.25) is 5.91 Å². The van der Waals surface area contributed by atoms with Gasteiger partial charge in [-0.05, 0) is 37.3 Å². The van der Waals surface area contributed by atoms with Crippen molar-refractivity contribution in [2.45, 2.75) is 13.8 Å². The molecule has 0 radical (unpaired) electrons. The Balaban J connectivity index is 1.67. The fraction of sp³-hybridized carbons (Fsp3) is 0.100. The van der Waals surface area contributed by atoms with Crippen LogP contribution in [0.25, 0.3) is 21.5 Å². The first kappa shape index (κ1) is 20.3. The summed E-state index contributed by atoms with van der Waals surface area (Å²) in [4.78, 5) is 28.7. The number of hydrogen-bond donors (Lipinski definition) is 2. The number of benzene rings is 2. The zero-order valence-corrected chi connectivity index (χ0v) is 18.1. The SMILES string of the molecule is CC(=O)Nc1ccc2nc(NC(=O)c3c(-c4c(Cl)cccc4Cl)noc3C)sc2c1. The lowest BCUT2D eigenvalue weighted by molar-refractivity contribution is -0.114. The zero-order valence-electron chi connectivity index (χ0n) is 15.7. The predicted octanol–water partition coefficient (Wildman–Crippen LogP) is 5.78. The summed E-state index contributed by atoms with van der Waals surface area (Å²) in [6, 6.07) is 10.3. The number of carbonyl (C=O) groups is 2. The number of aryl methyl sites for hydroxylation is 1. The van der Waals surface area contributed by atoms with E-state index in [1.165, 1.54) is 18.3 Å². The third-order valence-corrected chi connectivity index (χ3v) is 5.78. The van der Waals surface area contributed by atoms with Crippen molar-refractivity contribution < 1.29 is 14.1 Å². The molecule has 0 aliphatic carbocycles. The number of nitrogens with one attached hydrogen (secondary N) is 2. The molecule has 0 spiro atoms. The van der Waals surface area contributed by atoms with Crippen LogP contribution in [0.3, 0.4) is 0 Å². The Morgan fingerprint density at radius 3 is 2.53 bits per heavy atom. The number of anilines is 2. The van der Waals surface area contributed by atoms with E-state index in [0.29, 0.717) is 37.7 Å². The Morgan fingerprint density at radius 2 is 1.83 bits per heavy atom. The largest absolute Gasteiger partial charge is 0.360 e. The van der Waals surface area contributed by atoms with Crippen molar-refractivity contribution >= 4 is 67.4 Å². The molecular formula is C20H14Cl2N4O3S. The fourth-order valence-corrected chi connectivity index (χ4v) is 4.43. The summed E-state index contributed by atoms with van der Waals surface area (Å²) in [7, 11) is 0. The highest BCUT2D eigenvalue weighted by molar-refractivity contribution is 7.22. The van der Waals surface area contributed by atoms with E-state index in [4.69, 9.17) is 27.7 Å². The number of halogens is 2. The Hall–Kier alpha value is -2.94. The van der Waals surface area contributed by atoms with Crippen molar-refractivity contribution in [3.05, 3.63) is 57.8 Å². The maximum absolute atomic E-state index is 13.0. The molecule has 2 amide bonds. The maximum Gasteiger partial charge on any atom is 0.263 e. The van der Waals surface area contributed by atoms with Gasteiger partial charge in [-0.3, -0.25) is 14.9 Å². The summed E-state index contributed by atoms with van der Waals surface area (Å²) in [6.07, 6.45) is 0. The van der Waals surface area contributed by atoms with Crippen LogP contribution >= 0.6 is 34.5 Å². The summed E-state index contributed by atoms with van der Waals surface area (Å²) in [5.41, 5.74) is 2.26. The molecule has 7 nitrogen and oxygen atoms in total. The van der Waals surface area contributed by atoms with E-state index in [0.717, 1.165) is 4.70 Å². The van der Waals surface area contributed by atoms with Crippen LogP contribution in [0.15, 0.2) is 40.9 Å². The standard InChI is InChI=1S/C20H14Cl2N4O3S/c1-9-16(18(26-29-9)17-12(21)4-3-5-13(17)22)19(28)25-20-24-14-7-6-11(23-10(2)27)8-15(14)30-20/h3-8H,1-2H3,(H,23,27)(H,24,25,28). The van der Waals surface area contributed by atoms with Gasteiger partial charge in [-0.2, -0.15) is 0 Å². The van der Waals surface area contributed by atoms with Crippen LogP contribution in [0, 0.1) is 6.92 Å². The highest BCUT2D eigenvalue weighted by atomic mass is 35.5. The van der Waals surface area contributed by atoms with Crippen LogP contribution in [-0.4, -0.2) is 22.0 Å². The lowest BCUT2D eigenvalue weighted by Gasteiger charge is -2.06. The van der Waals surface area contributed by atoms with Crippen molar-refractivity contribution in [3.63, 3.8) is 0 Å². The van der Waals surface area contributed by atoms with Crippen LogP contribution in [0.1, 0.15) is 23.0 Å². The number of aromatic nitrogens is 2. The molecule has 30 heavy (non-hydrogen) atoms. The van der Waals surface area contributed by atoms with E-state index in [2.05, 4.69) is 20.8 Å². The molecule has 4 aromatic rings. The molecule has 2 aromatic carbocycles. The molecule has 152 valence electrons. The number of thiazole rings is 1. The second kappa shape index (κ2) is 8.06. The van der Waals surface area contributed by atoms with Gasteiger partial charge in [-0.1, -0.05) is 45.8 Å². The van der Waals surface area contributed by atoms with E-state index in [9.17, 15) is 9.59 Å². The molecule has 0 aliphatic rings. The second-order valence-electron chi connectivity index (χ2n) is 6.40. The van der Waals surface area contributed by atoms with Crippen molar-refractivity contribution in [2.24, 2.45) is 0 Å². The molecule has 0 unspecified atom stereocenters. The highest BCUT2D eigenvalue weighted by Gasteiger charge is 2.25. The monoisotopic (exact) mass is 460 g/mol. The first-order valence-corrected chi connectivity index (χ1v) is 10.3. The van der Waals surface area contributed by atoms with Gasteiger partial charge in [0.1, 0.15) is 17.0 Å². The van der Waals surface area contributed by atoms with E-state index < -0.39 is 5.91 Å². The lowest BCUT2D eigenvalue weighted by Crippen LogP contribution is -2.13. The highest BCUT2D eigenvalue weighted by Crippen LogP contribution is 2.37. The average Bonchev–Trinajstić information content (AvgIpc) is 3.23. The molecule has 2 N–H and O–H groups in total. The quantitative estimate of drug-likeness (QED) is 0.402. The average molecular weight is 461 g/mol. The minimum Gasteiger partial charge on any atom is -0.360 e. The Kier molecular flexibility index (Phi) is 5.46. The maximum atomic E-state index is 13.0. The first-order valence-electron chi connectivity index (χ1n) is 8.73. The molecule has 10 heteroatoms. The van der Waals surface area contributed by atoms with E-state index in [1.54, 1.807) is 43.3 Å². The molecule has 0 fully saturated rings. The normalized spacial score (nSPS) is 10.9. The predicted molar refractivity (Wildman–Crippen MR) is 119 cm³/mol. The number of carbonyl (C=O) groups excluding carboxylic acids is 2. The van der Waals surface area contributed by atoms with Crippen LogP contribution in [0.4, 0.5) is 10.8 Å². The Bertz CT molecular complexity index is 1280. The minimum atomic E-state index is -0.444. The van der Waals surface area contributed by atoms with Crippen molar-refractivity contribution in [3.8, 4) is 11.3 Å². The van der Waals surface area contributed by atoms with E-state index in [-0.39, 0.29) is 17.2 Å². The summed E-state index contributed by atoms with van der Waals surface area (Å²) in [5.74, 6) is -0.283. The van der Waals surface area contributed by atoms with Crippen molar-refractivity contribution in [1.29, 1.82) is 0 Å². The molecule has 2 heterocycles. The molecule has 2 aromatic heterocycles. The number of rotatable bonds is 4. The van der Waals surface area contributed by atoms with Crippen LogP contribution in [0.2, 0.25) is 10.0 Å². The molecule has 0 bridgehead atoms. The molecular weight excluding hydrogens is 447 g/mol. The molecule has 0 saturated carbocycles. The second-order valence-corrected chi connectivity index (χ2v) is 8.24. The van der Waals surface area contributed by atoms with Gasteiger partial charge in [0, 0.05) is 18.2 Å². The minimum absolute atomic E-state index is 0.166. The Labute approximate surface area is 185 Å². The van der Waals surface area contributed by atoms with Crippen LogP contribution < -0.4 is 10.6 Å². The van der Waals surface area contributed by atoms with Gasteiger partial charge in [0.15, 0.2) is 5.13 Å². The van der Waals surface area contributed by atoms with Gasteiger partial charge >= 0.3 is 0 Å². The van der Waals surface area contributed by atoms with Crippen LogP contribution in [-0.2, 0) is 4.79 Å². The van der Waals surface area contributed by atoms with E-state index >= 15 is 0 Å². The molecule has 4 rings (SSSR count). The summed E-state index contributed by atoms with van der Waals surface area (Å²) < 4.78 is 6.06.